The van der Waals surface area contributed by atoms with Crippen molar-refractivity contribution in [3.63, 3.8) is 0 Å². The number of rotatable bonds is 5. The molecule has 0 fully saturated rings. The molecule has 1 aromatic carbocycles. The zero-order valence-corrected chi connectivity index (χ0v) is 15.7. The van der Waals surface area contributed by atoms with E-state index >= 15 is 0 Å². The van der Waals surface area contributed by atoms with Crippen LogP contribution >= 0.6 is 0 Å². The fourth-order valence-electron chi connectivity index (χ4n) is 3.27. The highest BCUT2D eigenvalue weighted by Gasteiger charge is 2.18. The number of hydrogen-bond acceptors (Lipinski definition) is 7. The Morgan fingerprint density at radius 2 is 2.11 bits per heavy atom. The van der Waals surface area contributed by atoms with Crippen molar-refractivity contribution in [2.24, 2.45) is 0 Å². The van der Waals surface area contributed by atoms with Gasteiger partial charge in [0.25, 0.3) is 0 Å². The number of methoxy groups -OCH3 is 1. The minimum atomic E-state index is 0.544. The second-order valence-electron chi connectivity index (χ2n) is 6.43. The van der Waals surface area contributed by atoms with Crippen molar-refractivity contribution in [1.82, 2.24) is 25.1 Å². The average molecular weight is 365 g/mol. The Morgan fingerprint density at radius 1 is 1.22 bits per heavy atom. The number of aryl methyl sites for hydroxylation is 1. The number of benzene rings is 1. The number of aromatic nitrogens is 4. The molecule has 8 nitrogen and oxygen atoms in total. The maximum absolute atomic E-state index is 5.58. The first-order chi connectivity index (χ1) is 13.2. The van der Waals surface area contributed by atoms with Crippen LogP contribution in [0.4, 0.5) is 17.5 Å². The second kappa shape index (κ2) is 7.24. The Kier molecular flexibility index (Phi) is 4.64. The van der Waals surface area contributed by atoms with E-state index in [0.717, 1.165) is 48.1 Å². The SMILES string of the molecule is CNc1cc(C)nc(Nc2ccc(OC)c(-n3ncc4c3CCNC4)c2)n1. The second-order valence-corrected chi connectivity index (χ2v) is 6.43. The summed E-state index contributed by atoms with van der Waals surface area (Å²) in [5.74, 6) is 2.08. The van der Waals surface area contributed by atoms with E-state index in [9.17, 15) is 0 Å². The van der Waals surface area contributed by atoms with Crippen LogP contribution < -0.4 is 20.7 Å². The third-order valence-electron chi connectivity index (χ3n) is 4.58. The lowest BCUT2D eigenvalue weighted by Gasteiger charge is -2.17. The lowest BCUT2D eigenvalue weighted by atomic mass is 10.1. The highest BCUT2D eigenvalue weighted by atomic mass is 16.5. The molecule has 0 saturated carbocycles. The third kappa shape index (κ3) is 3.43. The zero-order chi connectivity index (χ0) is 18.8. The molecule has 0 aliphatic carbocycles. The molecule has 3 N–H and O–H groups in total. The minimum Gasteiger partial charge on any atom is -0.494 e. The van der Waals surface area contributed by atoms with Gasteiger partial charge in [0.15, 0.2) is 0 Å². The molecule has 0 radical (unpaired) electrons. The van der Waals surface area contributed by atoms with Crippen LogP contribution in [0.15, 0.2) is 30.5 Å². The number of nitrogens with zero attached hydrogens (tertiary/aromatic N) is 4. The van der Waals surface area contributed by atoms with Crippen LogP contribution in [0.2, 0.25) is 0 Å². The standard InChI is InChI=1S/C19H23N7O/c1-12-8-18(20-2)25-19(23-12)24-14-4-5-17(27-3)16(9-14)26-15-6-7-21-10-13(15)11-22-26/h4-5,8-9,11,21H,6-7,10H2,1-3H3,(H2,20,23,24,25). The van der Waals surface area contributed by atoms with Crippen molar-refractivity contribution < 1.29 is 4.74 Å². The molecule has 8 heteroatoms. The van der Waals surface area contributed by atoms with Crippen molar-refractivity contribution in [3.05, 3.63) is 47.4 Å². The van der Waals surface area contributed by atoms with Crippen LogP contribution in [0.1, 0.15) is 17.0 Å². The van der Waals surface area contributed by atoms with Gasteiger partial charge in [0, 0.05) is 49.6 Å². The largest absolute Gasteiger partial charge is 0.494 e. The molecule has 27 heavy (non-hydrogen) atoms. The molecule has 0 saturated heterocycles. The Hall–Kier alpha value is -3.13. The summed E-state index contributed by atoms with van der Waals surface area (Å²) < 4.78 is 7.54. The van der Waals surface area contributed by atoms with Gasteiger partial charge in [0.1, 0.15) is 17.3 Å². The molecule has 2 aromatic heterocycles. The highest BCUT2D eigenvalue weighted by Crippen LogP contribution is 2.30. The summed E-state index contributed by atoms with van der Waals surface area (Å²) in [6.45, 7) is 3.74. The average Bonchev–Trinajstić information content (AvgIpc) is 3.11. The molecule has 1 aliphatic rings. The molecule has 0 bridgehead atoms. The Morgan fingerprint density at radius 3 is 2.93 bits per heavy atom. The molecule has 0 atom stereocenters. The van der Waals surface area contributed by atoms with Gasteiger partial charge in [-0.2, -0.15) is 10.1 Å². The van der Waals surface area contributed by atoms with Gasteiger partial charge in [0.2, 0.25) is 5.95 Å². The van der Waals surface area contributed by atoms with Crippen molar-refractivity contribution in [1.29, 1.82) is 0 Å². The summed E-state index contributed by atoms with van der Waals surface area (Å²) in [5, 5.41) is 14.3. The molecule has 0 spiro atoms. The van der Waals surface area contributed by atoms with Gasteiger partial charge in [-0.25, -0.2) is 9.67 Å². The molecule has 140 valence electrons. The summed E-state index contributed by atoms with van der Waals surface area (Å²) in [5.41, 5.74) is 5.10. The molecule has 3 heterocycles. The fraction of sp³-hybridized carbons (Fsp3) is 0.316. The molecular weight excluding hydrogens is 342 g/mol. The predicted molar refractivity (Wildman–Crippen MR) is 105 cm³/mol. The van der Waals surface area contributed by atoms with Crippen molar-refractivity contribution in [3.8, 4) is 11.4 Å². The van der Waals surface area contributed by atoms with Crippen molar-refractivity contribution >= 4 is 17.5 Å². The first-order valence-electron chi connectivity index (χ1n) is 8.93. The van der Waals surface area contributed by atoms with Gasteiger partial charge in [-0.1, -0.05) is 0 Å². The van der Waals surface area contributed by atoms with Gasteiger partial charge in [-0.3, -0.25) is 0 Å². The van der Waals surface area contributed by atoms with E-state index < -0.39 is 0 Å². The summed E-state index contributed by atoms with van der Waals surface area (Å²) >= 11 is 0. The summed E-state index contributed by atoms with van der Waals surface area (Å²) in [4.78, 5) is 8.92. The normalized spacial score (nSPS) is 13.1. The first kappa shape index (κ1) is 17.3. The smallest absolute Gasteiger partial charge is 0.229 e. The molecule has 0 unspecified atom stereocenters. The molecule has 0 amide bonds. The maximum Gasteiger partial charge on any atom is 0.229 e. The van der Waals surface area contributed by atoms with Crippen LogP contribution in [0, 0.1) is 6.92 Å². The number of hydrogen-bond donors (Lipinski definition) is 3. The highest BCUT2D eigenvalue weighted by molar-refractivity contribution is 5.63. The zero-order valence-electron chi connectivity index (χ0n) is 15.7. The number of nitrogens with one attached hydrogen (secondary N) is 3. The first-order valence-corrected chi connectivity index (χ1v) is 8.93. The topological polar surface area (TPSA) is 88.9 Å². The van der Waals surface area contributed by atoms with E-state index in [1.807, 2.05) is 49.1 Å². The van der Waals surface area contributed by atoms with E-state index in [1.54, 1.807) is 7.11 Å². The minimum absolute atomic E-state index is 0.544. The molecule has 1 aliphatic heterocycles. The quantitative estimate of drug-likeness (QED) is 0.640. The summed E-state index contributed by atoms with van der Waals surface area (Å²) in [6, 6.07) is 7.79. The van der Waals surface area contributed by atoms with E-state index in [1.165, 1.54) is 11.3 Å². The van der Waals surface area contributed by atoms with Crippen LogP contribution in [0.5, 0.6) is 5.75 Å². The molecular formula is C19H23N7O. The van der Waals surface area contributed by atoms with E-state index in [-0.39, 0.29) is 0 Å². The lowest BCUT2D eigenvalue weighted by Crippen LogP contribution is -2.24. The van der Waals surface area contributed by atoms with E-state index in [4.69, 9.17) is 4.74 Å². The van der Waals surface area contributed by atoms with Crippen LogP contribution in [0.3, 0.4) is 0 Å². The van der Waals surface area contributed by atoms with Gasteiger partial charge < -0.3 is 20.7 Å². The maximum atomic E-state index is 5.58. The van der Waals surface area contributed by atoms with Gasteiger partial charge >= 0.3 is 0 Å². The van der Waals surface area contributed by atoms with E-state index in [0.29, 0.717) is 5.95 Å². The molecule has 4 rings (SSSR count). The monoisotopic (exact) mass is 365 g/mol. The van der Waals surface area contributed by atoms with Gasteiger partial charge in [0.05, 0.1) is 19.0 Å². The van der Waals surface area contributed by atoms with E-state index in [2.05, 4.69) is 31.0 Å². The predicted octanol–water partition coefficient (Wildman–Crippen LogP) is 2.41. The van der Waals surface area contributed by atoms with Crippen LogP contribution in [-0.2, 0) is 13.0 Å². The van der Waals surface area contributed by atoms with Crippen molar-refractivity contribution in [2.45, 2.75) is 19.9 Å². The van der Waals surface area contributed by atoms with Gasteiger partial charge in [-0.15, -0.1) is 0 Å². The molecule has 3 aromatic rings. The number of fused-ring (bicyclic) bond motifs is 1. The lowest BCUT2D eigenvalue weighted by molar-refractivity contribution is 0.411. The van der Waals surface area contributed by atoms with Crippen molar-refractivity contribution in [2.75, 3.05) is 31.3 Å². The Bertz CT molecular complexity index is 967. The number of ether oxygens (including phenoxy) is 1. The number of anilines is 3. The van der Waals surface area contributed by atoms with Crippen LogP contribution in [-0.4, -0.2) is 40.5 Å². The Labute approximate surface area is 158 Å². The Balaban J connectivity index is 1.71. The third-order valence-corrected chi connectivity index (χ3v) is 4.58. The summed E-state index contributed by atoms with van der Waals surface area (Å²) in [7, 11) is 3.51. The van der Waals surface area contributed by atoms with Gasteiger partial charge in [-0.05, 0) is 25.1 Å². The van der Waals surface area contributed by atoms with Crippen LogP contribution in [0.25, 0.3) is 5.69 Å². The fourth-order valence-corrected chi connectivity index (χ4v) is 3.27. The summed E-state index contributed by atoms with van der Waals surface area (Å²) in [6.07, 6.45) is 2.85.